The highest BCUT2D eigenvalue weighted by atomic mass is 32.2. The minimum Gasteiger partial charge on any atom is -0.477 e. The van der Waals surface area contributed by atoms with Gasteiger partial charge in [-0.25, -0.2) is 23.3 Å². The summed E-state index contributed by atoms with van der Waals surface area (Å²) in [5.74, 6) is -2.04. The molecule has 0 aromatic carbocycles. The number of hydrogen-bond acceptors (Lipinski definition) is 6. The number of amides is 1. The van der Waals surface area contributed by atoms with Crippen molar-refractivity contribution in [1.29, 1.82) is 0 Å². The molecule has 1 aliphatic heterocycles. The lowest BCUT2D eigenvalue weighted by Crippen LogP contribution is -2.27. The molecule has 0 saturated carbocycles. The maximum atomic E-state index is 11.9. The lowest BCUT2D eigenvalue weighted by molar-refractivity contribution is -0.117. The Kier molecular flexibility index (Phi) is 3.80. The topological polar surface area (TPSA) is 131 Å². The van der Waals surface area contributed by atoms with E-state index in [1.807, 2.05) is 0 Å². The monoisotopic (exact) mass is 319 g/mol. The summed E-state index contributed by atoms with van der Waals surface area (Å²) in [7, 11) is -3.64. The number of sulfonamides is 1. The maximum Gasteiger partial charge on any atom is 0.347 e. The molecule has 1 amide bonds. The molecule has 1 atom stereocenters. The van der Waals surface area contributed by atoms with E-state index < -0.39 is 21.9 Å². The summed E-state index contributed by atoms with van der Waals surface area (Å²) in [6, 6.07) is 0. The number of primary sulfonamides is 1. The first-order valence-electron chi connectivity index (χ1n) is 5.69. The zero-order valence-corrected chi connectivity index (χ0v) is 12.2. The van der Waals surface area contributed by atoms with E-state index >= 15 is 0 Å². The predicted octanol–water partition coefficient (Wildman–Crippen LogP) is -0.209. The number of carbonyl (C=O) groups excluding carboxylic acids is 1. The van der Waals surface area contributed by atoms with E-state index in [2.05, 4.69) is 4.98 Å². The van der Waals surface area contributed by atoms with Gasteiger partial charge in [-0.1, -0.05) is 11.3 Å². The number of nitrogens with zero attached hydrogens (tertiary/aromatic N) is 2. The number of aromatic carboxylic acids is 1. The molecule has 2 rings (SSSR count). The van der Waals surface area contributed by atoms with Crippen molar-refractivity contribution in [2.45, 2.75) is 13.3 Å². The Hall–Kier alpha value is -1.52. The van der Waals surface area contributed by atoms with Gasteiger partial charge in [0.15, 0.2) is 5.13 Å². The van der Waals surface area contributed by atoms with Crippen molar-refractivity contribution in [3.63, 3.8) is 0 Å². The highest BCUT2D eigenvalue weighted by molar-refractivity contribution is 7.89. The number of hydrogen-bond donors (Lipinski definition) is 2. The molecule has 10 heteroatoms. The highest BCUT2D eigenvalue weighted by Gasteiger charge is 2.35. The third-order valence-corrected chi connectivity index (χ3v) is 4.99. The van der Waals surface area contributed by atoms with Gasteiger partial charge >= 0.3 is 5.97 Å². The zero-order chi connectivity index (χ0) is 15.1. The molecule has 0 aliphatic carbocycles. The molecule has 3 N–H and O–H groups in total. The fourth-order valence-electron chi connectivity index (χ4n) is 2.10. The van der Waals surface area contributed by atoms with Crippen LogP contribution in [0.1, 0.15) is 21.8 Å². The van der Waals surface area contributed by atoms with Gasteiger partial charge < -0.3 is 5.11 Å². The summed E-state index contributed by atoms with van der Waals surface area (Å²) in [5, 5.41) is 14.2. The molecule has 2 heterocycles. The number of aryl methyl sites for hydroxylation is 1. The number of carboxylic acid groups (broad SMARTS) is 1. The van der Waals surface area contributed by atoms with Gasteiger partial charge in [0.1, 0.15) is 4.88 Å². The number of rotatable bonds is 4. The Balaban J connectivity index is 2.20. The quantitative estimate of drug-likeness (QED) is 0.789. The summed E-state index contributed by atoms with van der Waals surface area (Å²) in [6.07, 6.45) is 0.0669. The van der Waals surface area contributed by atoms with Crippen LogP contribution in [0, 0.1) is 12.8 Å². The number of anilines is 1. The summed E-state index contributed by atoms with van der Waals surface area (Å²) < 4.78 is 22.1. The van der Waals surface area contributed by atoms with E-state index in [9.17, 15) is 18.0 Å². The van der Waals surface area contributed by atoms with Crippen molar-refractivity contribution in [3.8, 4) is 0 Å². The molecule has 0 radical (unpaired) electrons. The molecular formula is C10H13N3O5S2. The minimum atomic E-state index is -3.64. The van der Waals surface area contributed by atoms with Crippen LogP contribution in [0.25, 0.3) is 0 Å². The first kappa shape index (κ1) is 14.9. The van der Waals surface area contributed by atoms with Gasteiger partial charge in [-0.05, 0) is 6.92 Å². The van der Waals surface area contributed by atoms with E-state index in [1.54, 1.807) is 6.92 Å². The van der Waals surface area contributed by atoms with Crippen molar-refractivity contribution in [1.82, 2.24) is 4.98 Å². The van der Waals surface area contributed by atoms with E-state index in [0.29, 0.717) is 5.69 Å². The van der Waals surface area contributed by atoms with Gasteiger partial charge in [0.05, 0.1) is 11.4 Å². The second-order valence-electron chi connectivity index (χ2n) is 4.62. The average Bonchev–Trinajstić information content (AvgIpc) is 2.79. The summed E-state index contributed by atoms with van der Waals surface area (Å²) in [6.45, 7) is 1.73. The molecule has 1 aromatic rings. The molecule has 1 aromatic heterocycles. The van der Waals surface area contributed by atoms with Crippen LogP contribution in [0.3, 0.4) is 0 Å². The van der Waals surface area contributed by atoms with Gasteiger partial charge in [-0.15, -0.1) is 0 Å². The molecule has 1 aliphatic rings. The molecule has 1 saturated heterocycles. The number of carbonyl (C=O) groups is 2. The van der Waals surface area contributed by atoms with Crippen LogP contribution in [0.15, 0.2) is 0 Å². The Morgan fingerprint density at radius 2 is 2.25 bits per heavy atom. The van der Waals surface area contributed by atoms with Crippen LogP contribution in [-0.2, 0) is 14.8 Å². The summed E-state index contributed by atoms with van der Waals surface area (Å²) in [4.78, 5) is 28.3. The molecule has 0 spiro atoms. The fourth-order valence-corrected chi connectivity index (χ4v) is 3.92. The third-order valence-electron chi connectivity index (χ3n) is 2.88. The molecule has 1 unspecified atom stereocenters. The SMILES string of the molecule is Cc1nc(N2CC(CS(N)(=O)=O)CC2=O)sc1C(=O)O. The summed E-state index contributed by atoms with van der Waals surface area (Å²) in [5.41, 5.74) is 0.334. The van der Waals surface area contributed by atoms with Crippen LogP contribution in [0.4, 0.5) is 5.13 Å². The largest absolute Gasteiger partial charge is 0.477 e. The van der Waals surface area contributed by atoms with Crippen molar-refractivity contribution in [2.24, 2.45) is 11.1 Å². The molecular weight excluding hydrogens is 306 g/mol. The van der Waals surface area contributed by atoms with Crippen LogP contribution in [0.5, 0.6) is 0 Å². The predicted molar refractivity (Wildman–Crippen MR) is 72.2 cm³/mol. The van der Waals surface area contributed by atoms with E-state index in [0.717, 1.165) is 11.3 Å². The van der Waals surface area contributed by atoms with Gasteiger partial charge in [-0.2, -0.15) is 0 Å². The van der Waals surface area contributed by atoms with Crippen molar-refractivity contribution in [2.75, 3.05) is 17.2 Å². The van der Waals surface area contributed by atoms with Crippen LogP contribution >= 0.6 is 11.3 Å². The van der Waals surface area contributed by atoms with E-state index in [1.165, 1.54) is 4.90 Å². The standard InChI is InChI=1S/C10H13N3O5S2/c1-5-8(9(15)16)19-10(12-5)13-3-6(2-7(13)14)4-20(11,17)18/h6H,2-4H2,1H3,(H,15,16)(H2,11,17,18). The normalized spacial score (nSPS) is 19.6. The van der Waals surface area contributed by atoms with Gasteiger partial charge in [0, 0.05) is 18.9 Å². The summed E-state index contributed by atoms with van der Waals surface area (Å²) >= 11 is 0.902. The van der Waals surface area contributed by atoms with Crippen molar-refractivity contribution >= 4 is 38.4 Å². The Morgan fingerprint density at radius 3 is 2.75 bits per heavy atom. The Labute approximate surface area is 119 Å². The van der Waals surface area contributed by atoms with Crippen LogP contribution < -0.4 is 10.0 Å². The molecule has 110 valence electrons. The minimum absolute atomic E-state index is 0.0669. The van der Waals surface area contributed by atoms with Crippen molar-refractivity contribution in [3.05, 3.63) is 10.6 Å². The molecule has 8 nitrogen and oxygen atoms in total. The second kappa shape index (κ2) is 5.11. The first-order chi connectivity index (χ1) is 9.17. The number of aromatic nitrogens is 1. The van der Waals surface area contributed by atoms with Gasteiger partial charge in [0.2, 0.25) is 15.9 Å². The van der Waals surface area contributed by atoms with Crippen molar-refractivity contribution < 1.29 is 23.1 Å². The average molecular weight is 319 g/mol. The molecule has 0 bridgehead atoms. The van der Waals surface area contributed by atoms with Gasteiger partial charge in [-0.3, -0.25) is 9.69 Å². The lowest BCUT2D eigenvalue weighted by atomic mass is 10.1. The first-order valence-corrected chi connectivity index (χ1v) is 8.22. The van der Waals surface area contributed by atoms with Crippen LogP contribution in [-0.4, -0.2) is 42.7 Å². The number of thiazole rings is 1. The number of nitrogens with two attached hydrogens (primary N) is 1. The smallest absolute Gasteiger partial charge is 0.347 e. The lowest BCUT2D eigenvalue weighted by Gasteiger charge is -2.12. The van der Waals surface area contributed by atoms with E-state index in [4.69, 9.17) is 10.2 Å². The Morgan fingerprint density at radius 1 is 1.60 bits per heavy atom. The van der Waals surface area contributed by atoms with Crippen LogP contribution in [0.2, 0.25) is 0 Å². The van der Waals surface area contributed by atoms with Gasteiger partial charge in [0.25, 0.3) is 0 Å². The van der Waals surface area contributed by atoms with E-state index in [-0.39, 0.29) is 34.6 Å². The molecule has 20 heavy (non-hydrogen) atoms. The molecule has 1 fully saturated rings. The Bertz CT molecular complexity index is 666. The fraction of sp³-hybridized carbons (Fsp3) is 0.500. The zero-order valence-electron chi connectivity index (χ0n) is 10.6. The third kappa shape index (κ3) is 3.14. The second-order valence-corrected chi connectivity index (χ2v) is 7.26. The maximum absolute atomic E-state index is 11.9. The highest BCUT2D eigenvalue weighted by Crippen LogP contribution is 2.31. The number of carboxylic acids is 1.